The van der Waals surface area contributed by atoms with Crippen LogP contribution in [0.5, 0.6) is 0 Å². The Bertz CT molecular complexity index is 651. The van der Waals surface area contributed by atoms with Crippen LogP contribution in [0.2, 0.25) is 5.02 Å². The van der Waals surface area contributed by atoms with Gasteiger partial charge in [0.2, 0.25) is 0 Å². The van der Waals surface area contributed by atoms with Gasteiger partial charge in [0, 0.05) is 29.4 Å². The molecule has 0 atom stereocenters. The summed E-state index contributed by atoms with van der Waals surface area (Å²) in [6, 6.07) is 7.18. The lowest BCUT2D eigenvalue weighted by atomic mass is 10.1. The summed E-state index contributed by atoms with van der Waals surface area (Å²) in [4.78, 5) is 20.7. The third-order valence-electron chi connectivity index (χ3n) is 2.70. The molecule has 1 aromatic carbocycles. The Labute approximate surface area is 125 Å². The third-order valence-corrected chi connectivity index (χ3v) is 3.59. The van der Waals surface area contributed by atoms with Crippen molar-refractivity contribution in [2.45, 2.75) is 5.16 Å². The van der Waals surface area contributed by atoms with Crippen LogP contribution in [0.1, 0.15) is 0 Å². The van der Waals surface area contributed by atoms with E-state index in [4.69, 9.17) is 16.7 Å². The monoisotopic (exact) mass is 309 g/mol. The standard InChI is InChI=1S/C13H12ClN3O2S/c1-17(13(18)19)11-9(7-15-12(16-11)20-2)8-5-3-4-6-10(8)14/h3-7H,1-2H3,(H,18,19). The molecule has 1 N–H and O–H groups in total. The van der Waals surface area contributed by atoms with E-state index in [-0.39, 0.29) is 0 Å². The van der Waals surface area contributed by atoms with E-state index in [2.05, 4.69) is 9.97 Å². The quantitative estimate of drug-likeness (QED) is 0.692. The molecule has 0 saturated heterocycles. The van der Waals surface area contributed by atoms with Crippen molar-refractivity contribution in [3.63, 3.8) is 0 Å². The first-order valence-corrected chi connectivity index (χ1v) is 7.27. The van der Waals surface area contributed by atoms with Gasteiger partial charge in [0.15, 0.2) is 5.16 Å². The zero-order chi connectivity index (χ0) is 14.7. The molecule has 1 heterocycles. The van der Waals surface area contributed by atoms with Crippen molar-refractivity contribution in [1.82, 2.24) is 9.97 Å². The molecular formula is C13H12ClN3O2S. The molecule has 104 valence electrons. The molecule has 0 bridgehead atoms. The van der Waals surface area contributed by atoms with E-state index in [0.717, 1.165) is 4.90 Å². The van der Waals surface area contributed by atoms with Gasteiger partial charge in [-0.1, -0.05) is 41.6 Å². The van der Waals surface area contributed by atoms with E-state index >= 15 is 0 Å². The number of carboxylic acid groups (broad SMARTS) is 1. The normalized spacial score (nSPS) is 10.3. The van der Waals surface area contributed by atoms with Crippen LogP contribution in [0, 0.1) is 0 Å². The van der Waals surface area contributed by atoms with Crippen molar-refractivity contribution < 1.29 is 9.90 Å². The van der Waals surface area contributed by atoms with Crippen LogP contribution in [-0.2, 0) is 0 Å². The number of hydrogen-bond acceptors (Lipinski definition) is 4. The van der Waals surface area contributed by atoms with Crippen LogP contribution >= 0.6 is 23.4 Å². The zero-order valence-corrected chi connectivity index (χ0v) is 12.4. The van der Waals surface area contributed by atoms with E-state index in [1.807, 2.05) is 18.4 Å². The second-order valence-electron chi connectivity index (χ2n) is 3.92. The Balaban J connectivity index is 2.64. The maximum Gasteiger partial charge on any atom is 0.412 e. The number of thioether (sulfide) groups is 1. The van der Waals surface area contributed by atoms with E-state index in [1.54, 1.807) is 18.3 Å². The summed E-state index contributed by atoms with van der Waals surface area (Å²) in [6.07, 6.45) is 2.33. The van der Waals surface area contributed by atoms with Crippen molar-refractivity contribution in [1.29, 1.82) is 0 Å². The summed E-state index contributed by atoms with van der Waals surface area (Å²) in [5.74, 6) is 0.310. The first kappa shape index (κ1) is 14.6. The molecule has 0 spiro atoms. The molecule has 0 saturated carbocycles. The molecule has 2 aromatic rings. The zero-order valence-electron chi connectivity index (χ0n) is 10.9. The van der Waals surface area contributed by atoms with Crippen molar-refractivity contribution in [2.75, 3.05) is 18.2 Å². The molecule has 2 rings (SSSR count). The van der Waals surface area contributed by atoms with Crippen LogP contribution < -0.4 is 4.90 Å². The highest BCUT2D eigenvalue weighted by Crippen LogP contribution is 2.34. The van der Waals surface area contributed by atoms with Gasteiger partial charge in [-0.3, -0.25) is 4.90 Å². The molecule has 1 aromatic heterocycles. The molecule has 7 heteroatoms. The van der Waals surface area contributed by atoms with Crippen LogP contribution in [0.25, 0.3) is 11.1 Å². The summed E-state index contributed by atoms with van der Waals surface area (Å²) < 4.78 is 0. The van der Waals surface area contributed by atoms with Gasteiger partial charge in [-0.05, 0) is 12.3 Å². The Morgan fingerprint density at radius 3 is 2.65 bits per heavy atom. The van der Waals surface area contributed by atoms with E-state index in [0.29, 0.717) is 27.1 Å². The van der Waals surface area contributed by atoms with Crippen LogP contribution in [0.3, 0.4) is 0 Å². The molecule has 0 aliphatic carbocycles. The van der Waals surface area contributed by atoms with Crippen molar-refractivity contribution >= 4 is 35.3 Å². The van der Waals surface area contributed by atoms with E-state index in [1.165, 1.54) is 18.8 Å². The number of rotatable bonds is 3. The molecule has 0 radical (unpaired) electrons. The van der Waals surface area contributed by atoms with Gasteiger partial charge in [0.25, 0.3) is 0 Å². The maximum atomic E-state index is 11.2. The fraction of sp³-hybridized carbons (Fsp3) is 0.154. The number of carbonyl (C=O) groups is 1. The van der Waals surface area contributed by atoms with E-state index in [9.17, 15) is 4.79 Å². The molecule has 20 heavy (non-hydrogen) atoms. The van der Waals surface area contributed by atoms with Crippen molar-refractivity contribution in [3.05, 3.63) is 35.5 Å². The topological polar surface area (TPSA) is 66.3 Å². The van der Waals surface area contributed by atoms with E-state index < -0.39 is 6.09 Å². The van der Waals surface area contributed by atoms with Crippen molar-refractivity contribution in [3.8, 4) is 11.1 Å². The number of benzene rings is 1. The minimum atomic E-state index is -1.09. The highest BCUT2D eigenvalue weighted by atomic mass is 35.5. The first-order valence-electron chi connectivity index (χ1n) is 5.67. The second kappa shape index (κ2) is 6.11. The summed E-state index contributed by atoms with van der Waals surface area (Å²) in [7, 11) is 1.44. The van der Waals surface area contributed by atoms with Crippen LogP contribution in [0.4, 0.5) is 10.6 Å². The minimum absolute atomic E-state index is 0.310. The highest BCUT2D eigenvalue weighted by molar-refractivity contribution is 7.98. The molecule has 5 nitrogen and oxygen atoms in total. The molecule has 0 aliphatic rings. The van der Waals surface area contributed by atoms with Gasteiger partial charge in [-0.15, -0.1) is 0 Å². The predicted molar refractivity (Wildman–Crippen MR) is 80.7 cm³/mol. The summed E-state index contributed by atoms with van der Waals surface area (Å²) >= 11 is 7.51. The van der Waals surface area contributed by atoms with Gasteiger partial charge in [-0.25, -0.2) is 14.8 Å². The number of aromatic nitrogens is 2. The molecule has 1 amide bonds. The average molecular weight is 310 g/mol. The summed E-state index contributed by atoms with van der Waals surface area (Å²) in [5.41, 5.74) is 1.28. The van der Waals surface area contributed by atoms with Crippen molar-refractivity contribution in [2.24, 2.45) is 0 Å². The Morgan fingerprint density at radius 1 is 1.35 bits per heavy atom. The molecule has 0 unspecified atom stereocenters. The fourth-order valence-corrected chi connectivity index (χ4v) is 2.24. The average Bonchev–Trinajstić information content (AvgIpc) is 2.46. The third kappa shape index (κ3) is 2.86. The SMILES string of the molecule is CSc1ncc(-c2ccccc2Cl)c(N(C)C(=O)O)n1. The van der Waals surface area contributed by atoms with Gasteiger partial charge < -0.3 is 5.11 Å². The predicted octanol–water partition coefficient (Wildman–Crippen LogP) is 3.63. The first-order chi connectivity index (χ1) is 9.54. The largest absolute Gasteiger partial charge is 0.465 e. The number of anilines is 1. The number of halogens is 1. The molecular weight excluding hydrogens is 298 g/mol. The number of hydrogen-bond donors (Lipinski definition) is 1. The number of nitrogens with zero attached hydrogens (tertiary/aromatic N) is 3. The molecule has 0 aliphatic heterocycles. The second-order valence-corrected chi connectivity index (χ2v) is 5.10. The summed E-state index contributed by atoms with van der Waals surface area (Å²) in [5, 5.41) is 10.2. The lowest BCUT2D eigenvalue weighted by molar-refractivity contribution is 0.203. The minimum Gasteiger partial charge on any atom is -0.465 e. The highest BCUT2D eigenvalue weighted by Gasteiger charge is 2.19. The fourth-order valence-electron chi connectivity index (χ4n) is 1.67. The van der Waals surface area contributed by atoms with Gasteiger partial charge in [0.05, 0.1) is 0 Å². The smallest absolute Gasteiger partial charge is 0.412 e. The van der Waals surface area contributed by atoms with Gasteiger partial charge >= 0.3 is 6.09 Å². The van der Waals surface area contributed by atoms with Crippen LogP contribution in [0.15, 0.2) is 35.6 Å². The lowest BCUT2D eigenvalue weighted by Crippen LogP contribution is -2.25. The lowest BCUT2D eigenvalue weighted by Gasteiger charge is -2.17. The van der Waals surface area contributed by atoms with Gasteiger partial charge in [-0.2, -0.15) is 0 Å². The number of amides is 1. The Morgan fingerprint density at radius 2 is 2.05 bits per heavy atom. The Kier molecular flexibility index (Phi) is 4.46. The van der Waals surface area contributed by atoms with Crippen LogP contribution in [-0.4, -0.2) is 34.5 Å². The van der Waals surface area contributed by atoms with Gasteiger partial charge in [0.1, 0.15) is 5.82 Å². The Hall–Kier alpha value is -1.79. The summed E-state index contributed by atoms with van der Waals surface area (Å²) in [6.45, 7) is 0. The molecule has 0 fully saturated rings. The maximum absolute atomic E-state index is 11.2.